The number of aryl methyl sites for hydroxylation is 2. The van der Waals surface area contributed by atoms with Crippen LogP contribution in [-0.4, -0.2) is 38.4 Å². The molecular weight excluding hydrogens is 244 g/mol. The SMILES string of the molecule is Cc1cn(C)c([C@@H]2CCN(C(=O)c3cnco3)C2)n1. The molecule has 3 rings (SSSR count). The van der Waals surface area contributed by atoms with Gasteiger partial charge in [-0.25, -0.2) is 9.97 Å². The van der Waals surface area contributed by atoms with Crippen LogP contribution in [0.1, 0.15) is 34.4 Å². The summed E-state index contributed by atoms with van der Waals surface area (Å²) in [6, 6.07) is 0. The van der Waals surface area contributed by atoms with E-state index in [4.69, 9.17) is 4.42 Å². The van der Waals surface area contributed by atoms with Gasteiger partial charge in [-0.2, -0.15) is 0 Å². The summed E-state index contributed by atoms with van der Waals surface area (Å²) in [5.41, 5.74) is 1.01. The second-order valence-electron chi connectivity index (χ2n) is 4.95. The lowest BCUT2D eigenvalue weighted by Crippen LogP contribution is -2.28. The van der Waals surface area contributed by atoms with Gasteiger partial charge >= 0.3 is 0 Å². The number of carbonyl (C=O) groups is 1. The first-order chi connectivity index (χ1) is 9.15. The maximum atomic E-state index is 12.1. The van der Waals surface area contributed by atoms with E-state index in [1.165, 1.54) is 12.6 Å². The Morgan fingerprint density at radius 1 is 1.53 bits per heavy atom. The van der Waals surface area contributed by atoms with Gasteiger partial charge in [0.15, 0.2) is 6.39 Å². The van der Waals surface area contributed by atoms with E-state index in [2.05, 4.69) is 9.97 Å². The molecule has 1 aliphatic rings. The fraction of sp³-hybridized carbons (Fsp3) is 0.462. The van der Waals surface area contributed by atoms with Crippen LogP contribution in [0.4, 0.5) is 0 Å². The van der Waals surface area contributed by atoms with Crippen LogP contribution in [-0.2, 0) is 7.05 Å². The quantitative estimate of drug-likeness (QED) is 0.817. The lowest BCUT2D eigenvalue weighted by atomic mass is 10.1. The number of nitrogens with zero attached hydrogens (tertiary/aromatic N) is 4. The fourth-order valence-corrected chi connectivity index (χ4v) is 2.65. The summed E-state index contributed by atoms with van der Waals surface area (Å²) in [6.45, 7) is 3.40. The van der Waals surface area contributed by atoms with Gasteiger partial charge < -0.3 is 13.9 Å². The number of carbonyl (C=O) groups excluding carboxylic acids is 1. The minimum Gasteiger partial charge on any atom is -0.438 e. The lowest BCUT2D eigenvalue weighted by Gasteiger charge is -2.14. The molecule has 0 N–H and O–H groups in total. The second kappa shape index (κ2) is 4.53. The highest BCUT2D eigenvalue weighted by Crippen LogP contribution is 2.27. The molecule has 0 aromatic carbocycles. The normalized spacial score (nSPS) is 19.1. The molecule has 1 saturated heterocycles. The smallest absolute Gasteiger partial charge is 0.291 e. The zero-order valence-electron chi connectivity index (χ0n) is 11.0. The van der Waals surface area contributed by atoms with Crippen molar-refractivity contribution in [3.05, 3.63) is 36.1 Å². The minimum absolute atomic E-state index is 0.0917. The molecule has 1 fully saturated rings. The number of rotatable bonds is 2. The van der Waals surface area contributed by atoms with Crippen LogP contribution in [0.25, 0.3) is 0 Å². The first-order valence-electron chi connectivity index (χ1n) is 6.33. The number of likely N-dealkylation sites (tertiary alicyclic amines) is 1. The zero-order valence-corrected chi connectivity index (χ0v) is 11.0. The Morgan fingerprint density at radius 2 is 2.37 bits per heavy atom. The number of aromatic nitrogens is 3. The molecule has 2 aromatic heterocycles. The third-order valence-electron chi connectivity index (χ3n) is 3.52. The summed E-state index contributed by atoms with van der Waals surface area (Å²) in [7, 11) is 2.00. The zero-order chi connectivity index (χ0) is 13.4. The topological polar surface area (TPSA) is 64.2 Å². The molecule has 100 valence electrons. The largest absolute Gasteiger partial charge is 0.438 e. The van der Waals surface area contributed by atoms with E-state index in [1.54, 1.807) is 4.90 Å². The Labute approximate surface area is 111 Å². The molecule has 3 heterocycles. The van der Waals surface area contributed by atoms with Gasteiger partial charge in [0, 0.05) is 32.3 Å². The first-order valence-corrected chi connectivity index (χ1v) is 6.33. The van der Waals surface area contributed by atoms with Crippen LogP contribution < -0.4 is 0 Å². The molecule has 0 saturated carbocycles. The fourth-order valence-electron chi connectivity index (χ4n) is 2.65. The predicted octanol–water partition coefficient (Wildman–Crippen LogP) is 1.35. The first kappa shape index (κ1) is 12.0. The highest BCUT2D eigenvalue weighted by molar-refractivity contribution is 5.91. The molecule has 1 atom stereocenters. The standard InChI is InChI=1S/C13H16N4O2/c1-9-6-16(2)12(15-9)10-3-4-17(7-10)13(18)11-5-14-8-19-11/h5-6,8,10H,3-4,7H2,1-2H3/t10-/m1/s1. The molecule has 1 amide bonds. The van der Waals surface area contributed by atoms with Crippen molar-refractivity contribution >= 4 is 5.91 Å². The summed E-state index contributed by atoms with van der Waals surface area (Å²) in [5.74, 6) is 1.55. The van der Waals surface area contributed by atoms with E-state index in [0.29, 0.717) is 18.2 Å². The van der Waals surface area contributed by atoms with Crippen molar-refractivity contribution in [1.82, 2.24) is 19.4 Å². The third-order valence-corrected chi connectivity index (χ3v) is 3.52. The third kappa shape index (κ3) is 2.14. The van der Waals surface area contributed by atoms with E-state index >= 15 is 0 Å². The van der Waals surface area contributed by atoms with Gasteiger partial charge in [-0.1, -0.05) is 0 Å². The molecular formula is C13H16N4O2. The molecule has 0 unspecified atom stereocenters. The van der Waals surface area contributed by atoms with Crippen LogP contribution in [0, 0.1) is 6.92 Å². The maximum absolute atomic E-state index is 12.1. The van der Waals surface area contributed by atoms with Crippen LogP contribution in [0.15, 0.2) is 23.2 Å². The van der Waals surface area contributed by atoms with Gasteiger partial charge in [0.2, 0.25) is 5.76 Å². The lowest BCUT2D eigenvalue weighted by molar-refractivity contribution is 0.0759. The van der Waals surface area contributed by atoms with E-state index in [1.807, 2.05) is 24.7 Å². The van der Waals surface area contributed by atoms with Crippen LogP contribution in [0.5, 0.6) is 0 Å². The Bertz CT molecular complexity index is 588. The molecule has 0 radical (unpaired) electrons. The van der Waals surface area contributed by atoms with Gasteiger partial charge in [0.1, 0.15) is 5.82 Å². The molecule has 0 spiro atoms. The number of amides is 1. The van der Waals surface area contributed by atoms with Crippen molar-refractivity contribution in [2.45, 2.75) is 19.3 Å². The van der Waals surface area contributed by atoms with Crippen molar-refractivity contribution < 1.29 is 9.21 Å². The van der Waals surface area contributed by atoms with Gasteiger partial charge in [-0.05, 0) is 13.3 Å². The van der Waals surface area contributed by atoms with E-state index in [-0.39, 0.29) is 5.91 Å². The van der Waals surface area contributed by atoms with Crippen LogP contribution >= 0.6 is 0 Å². The summed E-state index contributed by atoms with van der Waals surface area (Å²) in [5, 5.41) is 0. The summed E-state index contributed by atoms with van der Waals surface area (Å²) < 4.78 is 7.10. The Kier molecular flexibility index (Phi) is 2.85. The second-order valence-corrected chi connectivity index (χ2v) is 4.95. The number of oxazole rings is 1. The van der Waals surface area contributed by atoms with Gasteiger partial charge in [-0.3, -0.25) is 4.79 Å². The molecule has 6 nitrogen and oxygen atoms in total. The summed E-state index contributed by atoms with van der Waals surface area (Å²) in [6.07, 6.45) is 5.68. The van der Waals surface area contributed by atoms with Gasteiger partial charge in [0.25, 0.3) is 5.91 Å². The van der Waals surface area contributed by atoms with Crippen molar-refractivity contribution in [3.63, 3.8) is 0 Å². The van der Waals surface area contributed by atoms with Gasteiger partial charge in [-0.15, -0.1) is 0 Å². The molecule has 0 aliphatic carbocycles. The highest BCUT2D eigenvalue weighted by Gasteiger charge is 2.31. The number of imidazole rings is 1. The minimum atomic E-state index is -0.0917. The van der Waals surface area contributed by atoms with E-state index < -0.39 is 0 Å². The average molecular weight is 260 g/mol. The highest BCUT2D eigenvalue weighted by atomic mass is 16.3. The van der Waals surface area contributed by atoms with E-state index in [9.17, 15) is 4.79 Å². The van der Waals surface area contributed by atoms with E-state index in [0.717, 1.165) is 24.5 Å². The average Bonchev–Trinajstić information content (AvgIpc) is 3.08. The molecule has 1 aliphatic heterocycles. The number of hydrogen-bond donors (Lipinski definition) is 0. The Hall–Kier alpha value is -2.11. The maximum Gasteiger partial charge on any atom is 0.291 e. The van der Waals surface area contributed by atoms with Crippen molar-refractivity contribution in [2.75, 3.05) is 13.1 Å². The van der Waals surface area contributed by atoms with Gasteiger partial charge in [0.05, 0.1) is 11.9 Å². The molecule has 2 aromatic rings. The predicted molar refractivity (Wildman–Crippen MR) is 67.7 cm³/mol. The molecule has 0 bridgehead atoms. The van der Waals surface area contributed by atoms with Crippen LogP contribution in [0.3, 0.4) is 0 Å². The Balaban J connectivity index is 1.74. The molecule has 19 heavy (non-hydrogen) atoms. The van der Waals surface area contributed by atoms with Crippen molar-refractivity contribution in [2.24, 2.45) is 7.05 Å². The Morgan fingerprint density at radius 3 is 3.00 bits per heavy atom. The monoisotopic (exact) mass is 260 g/mol. The molecule has 6 heteroatoms. The van der Waals surface area contributed by atoms with Crippen molar-refractivity contribution in [1.29, 1.82) is 0 Å². The summed E-state index contributed by atoms with van der Waals surface area (Å²) >= 11 is 0. The van der Waals surface area contributed by atoms with Crippen LogP contribution in [0.2, 0.25) is 0 Å². The number of hydrogen-bond acceptors (Lipinski definition) is 4. The summed E-state index contributed by atoms with van der Waals surface area (Å²) in [4.78, 5) is 22.3. The van der Waals surface area contributed by atoms with Crippen molar-refractivity contribution in [3.8, 4) is 0 Å².